The molecule has 162 valence electrons. The number of anilines is 1. The molecule has 0 atom stereocenters. The Hall–Kier alpha value is -1.16. The maximum absolute atomic E-state index is 14.7. The molecule has 0 aliphatic heterocycles. The third kappa shape index (κ3) is 5.71. The number of nitrogens with one attached hydrogen (secondary N) is 1. The number of nitrogens with zero attached hydrogens (tertiary/aromatic N) is 3. The lowest BCUT2D eigenvalue weighted by Gasteiger charge is -2.36. The second-order valence-electron chi connectivity index (χ2n) is 8.51. The lowest BCUT2D eigenvalue weighted by Crippen LogP contribution is -2.41. The molecule has 2 rings (SSSR count). The van der Waals surface area contributed by atoms with Gasteiger partial charge in [0.25, 0.3) is 0 Å². The predicted molar refractivity (Wildman–Crippen MR) is 121 cm³/mol. The van der Waals surface area contributed by atoms with Gasteiger partial charge in [-0.25, -0.2) is 14.4 Å². The Balaban J connectivity index is 2.37. The van der Waals surface area contributed by atoms with Gasteiger partial charge in [0.2, 0.25) is 5.88 Å². The number of fused-ring (bicyclic) bond motifs is 1. The Morgan fingerprint density at radius 2 is 1.86 bits per heavy atom. The van der Waals surface area contributed by atoms with Gasteiger partial charge >= 0.3 is 0 Å². The SMILES string of the molecule is CSc1nc(NCCO[Si](C)(C)C(C)(C)C)c2c(OC(C)C)nc(Cl)c(F)c2n1. The van der Waals surface area contributed by atoms with Crippen molar-refractivity contribution < 1.29 is 13.6 Å². The first-order valence-corrected chi connectivity index (χ1v) is 14.0. The molecule has 0 fully saturated rings. The standard InChI is InChI=1S/C19H30ClFN4O2SSi/c1-11(2)27-17-12-14(13(21)15(20)24-17)23-18(28-6)25-16(12)22-9-10-26-29(7,8)19(3,4)5/h11H,9-10H2,1-8H3,(H,22,23,25). The highest BCUT2D eigenvalue weighted by molar-refractivity contribution is 7.98. The number of rotatable bonds is 8. The maximum atomic E-state index is 14.7. The largest absolute Gasteiger partial charge is 0.474 e. The number of pyridine rings is 1. The molecule has 1 N–H and O–H groups in total. The molecule has 2 aromatic rings. The fraction of sp³-hybridized carbons (Fsp3) is 0.632. The summed E-state index contributed by atoms with van der Waals surface area (Å²) in [6, 6.07) is 0. The third-order valence-corrected chi connectivity index (χ3v) is 10.2. The van der Waals surface area contributed by atoms with Crippen molar-refractivity contribution in [2.75, 3.05) is 24.7 Å². The topological polar surface area (TPSA) is 69.2 Å². The second-order valence-corrected chi connectivity index (χ2v) is 14.4. The van der Waals surface area contributed by atoms with Crippen molar-refractivity contribution >= 4 is 48.4 Å². The Kier molecular flexibility index (Phi) is 7.75. The average Bonchev–Trinajstić information content (AvgIpc) is 2.61. The van der Waals surface area contributed by atoms with Gasteiger partial charge in [0.05, 0.1) is 12.7 Å². The van der Waals surface area contributed by atoms with Crippen molar-refractivity contribution in [3.05, 3.63) is 11.0 Å². The summed E-state index contributed by atoms with van der Waals surface area (Å²) in [4.78, 5) is 12.9. The van der Waals surface area contributed by atoms with Crippen LogP contribution in [0.25, 0.3) is 10.9 Å². The van der Waals surface area contributed by atoms with Crippen LogP contribution in [0.5, 0.6) is 5.88 Å². The van der Waals surface area contributed by atoms with Crippen LogP contribution in [0.4, 0.5) is 10.2 Å². The Morgan fingerprint density at radius 1 is 1.21 bits per heavy atom. The number of hydrogen-bond donors (Lipinski definition) is 1. The van der Waals surface area contributed by atoms with Gasteiger partial charge in [-0.05, 0) is 38.2 Å². The minimum atomic E-state index is -1.86. The van der Waals surface area contributed by atoms with Gasteiger partial charge in [0.15, 0.2) is 24.4 Å². The van der Waals surface area contributed by atoms with Crippen LogP contribution in [-0.4, -0.2) is 48.8 Å². The summed E-state index contributed by atoms with van der Waals surface area (Å²) in [5, 5.41) is 3.92. The van der Waals surface area contributed by atoms with E-state index in [9.17, 15) is 4.39 Å². The van der Waals surface area contributed by atoms with E-state index in [0.717, 1.165) is 0 Å². The van der Waals surface area contributed by atoms with E-state index in [4.69, 9.17) is 20.8 Å². The van der Waals surface area contributed by atoms with Gasteiger partial charge in [-0.3, -0.25) is 0 Å². The van der Waals surface area contributed by atoms with Gasteiger partial charge in [0.1, 0.15) is 16.7 Å². The van der Waals surface area contributed by atoms with E-state index in [1.807, 2.05) is 20.1 Å². The van der Waals surface area contributed by atoms with Crippen molar-refractivity contribution in [2.45, 2.75) is 64.0 Å². The smallest absolute Gasteiger partial charge is 0.228 e. The predicted octanol–water partition coefficient (Wildman–Crippen LogP) is 5.76. The summed E-state index contributed by atoms with van der Waals surface area (Å²) in [6.07, 6.45) is 1.67. The van der Waals surface area contributed by atoms with Crippen LogP contribution in [0.2, 0.25) is 23.3 Å². The molecule has 0 amide bonds. The molecule has 10 heteroatoms. The van der Waals surface area contributed by atoms with Crippen LogP contribution in [0.15, 0.2) is 5.16 Å². The average molecular weight is 461 g/mol. The molecule has 0 bridgehead atoms. The maximum Gasteiger partial charge on any atom is 0.228 e. The molecule has 0 radical (unpaired) electrons. The quantitative estimate of drug-likeness (QED) is 0.176. The van der Waals surface area contributed by atoms with E-state index in [0.29, 0.717) is 29.5 Å². The van der Waals surface area contributed by atoms with Crippen LogP contribution >= 0.6 is 23.4 Å². The minimum absolute atomic E-state index is 0.0906. The zero-order valence-corrected chi connectivity index (χ0v) is 20.9. The highest BCUT2D eigenvalue weighted by Crippen LogP contribution is 2.37. The summed E-state index contributed by atoms with van der Waals surface area (Å²) in [5.41, 5.74) is 0.0906. The van der Waals surface area contributed by atoms with Crippen molar-refractivity contribution in [3.8, 4) is 5.88 Å². The van der Waals surface area contributed by atoms with E-state index in [-0.39, 0.29) is 27.7 Å². The number of aromatic nitrogens is 3. The first-order chi connectivity index (χ1) is 13.4. The van der Waals surface area contributed by atoms with Crippen LogP contribution in [0.3, 0.4) is 0 Å². The zero-order valence-electron chi connectivity index (χ0n) is 18.3. The highest BCUT2D eigenvalue weighted by Gasteiger charge is 2.36. The molecule has 2 heterocycles. The fourth-order valence-electron chi connectivity index (χ4n) is 2.31. The number of halogens is 2. The molecule has 2 aromatic heterocycles. The van der Waals surface area contributed by atoms with E-state index in [2.05, 4.69) is 54.1 Å². The molecule has 0 aliphatic rings. The summed E-state index contributed by atoms with van der Waals surface area (Å²) in [5.74, 6) is -0.0187. The third-order valence-electron chi connectivity index (χ3n) is 4.88. The molecule has 0 saturated heterocycles. The van der Waals surface area contributed by atoms with Crippen LogP contribution in [0.1, 0.15) is 34.6 Å². The van der Waals surface area contributed by atoms with Crippen molar-refractivity contribution in [2.24, 2.45) is 0 Å². The highest BCUT2D eigenvalue weighted by atomic mass is 35.5. The molecule has 6 nitrogen and oxygen atoms in total. The molecule has 29 heavy (non-hydrogen) atoms. The van der Waals surface area contributed by atoms with Gasteiger partial charge < -0.3 is 14.5 Å². The van der Waals surface area contributed by atoms with Gasteiger partial charge in [0, 0.05) is 6.54 Å². The Morgan fingerprint density at radius 3 is 2.41 bits per heavy atom. The molecule has 0 aliphatic carbocycles. The lowest BCUT2D eigenvalue weighted by molar-refractivity contribution is 0.235. The first kappa shape index (κ1) is 24.1. The van der Waals surface area contributed by atoms with Crippen LogP contribution in [0, 0.1) is 5.82 Å². The zero-order chi connectivity index (χ0) is 22.0. The summed E-state index contributed by atoms with van der Waals surface area (Å²) in [6.45, 7) is 15.8. The molecule has 0 unspecified atom stereocenters. The second kappa shape index (κ2) is 9.32. The van der Waals surface area contributed by atoms with Crippen molar-refractivity contribution in [1.29, 1.82) is 0 Å². The molecular weight excluding hydrogens is 431 g/mol. The fourth-order valence-corrected chi connectivity index (χ4v) is 3.89. The van der Waals surface area contributed by atoms with Gasteiger partial charge in [-0.15, -0.1) is 0 Å². The number of hydrogen-bond acceptors (Lipinski definition) is 7. The van der Waals surface area contributed by atoms with Gasteiger partial charge in [-0.2, -0.15) is 4.98 Å². The van der Waals surface area contributed by atoms with Crippen molar-refractivity contribution in [3.63, 3.8) is 0 Å². The number of ether oxygens (including phenoxy) is 1. The summed E-state index contributed by atoms with van der Waals surface area (Å²) < 4.78 is 26.7. The monoisotopic (exact) mass is 460 g/mol. The Bertz CT molecular complexity index is 878. The molecule has 0 spiro atoms. The Labute approximate surface area is 182 Å². The summed E-state index contributed by atoms with van der Waals surface area (Å²) in [7, 11) is -1.86. The molecule has 0 saturated carbocycles. The van der Waals surface area contributed by atoms with Crippen LogP contribution in [-0.2, 0) is 4.43 Å². The summed E-state index contributed by atoms with van der Waals surface area (Å²) >= 11 is 7.30. The lowest BCUT2D eigenvalue weighted by atomic mass is 10.2. The molecule has 0 aromatic carbocycles. The van der Waals surface area contributed by atoms with Crippen LogP contribution < -0.4 is 10.1 Å². The number of thioether (sulfide) groups is 1. The first-order valence-electron chi connectivity index (χ1n) is 9.52. The van der Waals surface area contributed by atoms with E-state index >= 15 is 0 Å². The minimum Gasteiger partial charge on any atom is -0.474 e. The normalized spacial score (nSPS) is 12.7. The van der Waals surface area contributed by atoms with E-state index in [1.165, 1.54) is 11.8 Å². The van der Waals surface area contributed by atoms with E-state index < -0.39 is 14.1 Å². The molecular formula is C19H30ClFN4O2SSi. The van der Waals surface area contributed by atoms with E-state index in [1.54, 1.807) is 0 Å². The van der Waals surface area contributed by atoms with Crippen molar-refractivity contribution in [1.82, 2.24) is 15.0 Å². The van der Waals surface area contributed by atoms with Gasteiger partial charge in [-0.1, -0.05) is 44.1 Å².